The van der Waals surface area contributed by atoms with Crippen LogP contribution in [-0.4, -0.2) is 41.2 Å². The van der Waals surface area contributed by atoms with Gasteiger partial charge in [0.2, 0.25) is 17.7 Å². The molecular weight excluding hydrogens is 366 g/mol. The highest BCUT2D eigenvalue weighted by Crippen LogP contribution is 2.27. The van der Waals surface area contributed by atoms with Crippen molar-refractivity contribution in [2.24, 2.45) is 5.92 Å². The molecule has 1 aromatic carbocycles. The third kappa shape index (κ3) is 6.31. The normalized spacial score (nSPS) is 21.5. The minimum Gasteiger partial charge on any atom is -0.345 e. The van der Waals surface area contributed by atoms with Crippen LogP contribution in [0.2, 0.25) is 0 Å². The molecule has 2 atom stereocenters. The molecule has 29 heavy (non-hydrogen) atoms. The average molecular weight is 400 g/mol. The lowest BCUT2D eigenvalue weighted by atomic mass is 10.0. The Hall–Kier alpha value is -2.37. The summed E-state index contributed by atoms with van der Waals surface area (Å²) in [4.78, 5) is 39.6. The Morgan fingerprint density at radius 2 is 1.76 bits per heavy atom. The standard InChI is InChI=1S/C23H33N3O3/c1-17(24-21(27)15-18-9-5-6-10-18)22(28)25-20-13-7-8-14-26(23(20)29)16-19-11-3-2-4-12-19/h2-4,11-12,17-18,20H,5-10,13-16H2,1H3,(H,24,27)(H,25,28)/t17-,20-/m0/s1. The lowest BCUT2D eigenvalue weighted by molar-refractivity contribution is -0.137. The number of hydrogen-bond donors (Lipinski definition) is 2. The first-order valence-corrected chi connectivity index (χ1v) is 11.0. The minimum absolute atomic E-state index is 0.0378. The first-order valence-electron chi connectivity index (χ1n) is 11.0. The summed E-state index contributed by atoms with van der Waals surface area (Å²) in [5, 5.41) is 5.68. The van der Waals surface area contributed by atoms with E-state index in [1.807, 2.05) is 35.2 Å². The summed E-state index contributed by atoms with van der Waals surface area (Å²) >= 11 is 0. The summed E-state index contributed by atoms with van der Waals surface area (Å²) in [5.74, 6) is 0.0477. The van der Waals surface area contributed by atoms with Crippen molar-refractivity contribution in [3.05, 3.63) is 35.9 Å². The van der Waals surface area contributed by atoms with E-state index in [1.54, 1.807) is 6.92 Å². The number of benzene rings is 1. The summed E-state index contributed by atoms with van der Waals surface area (Å²) < 4.78 is 0. The van der Waals surface area contributed by atoms with E-state index < -0.39 is 12.1 Å². The summed E-state index contributed by atoms with van der Waals surface area (Å²) in [6, 6.07) is 8.74. The monoisotopic (exact) mass is 399 g/mol. The molecule has 6 nitrogen and oxygen atoms in total. The molecule has 1 aliphatic carbocycles. The topological polar surface area (TPSA) is 78.5 Å². The number of carbonyl (C=O) groups excluding carboxylic acids is 3. The van der Waals surface area contributed by atoms with Crippen LogP contribution in [0.4, 0.5) is 0 Å². The summed E-state index contributed by atoms with van der Waals surface area (Å²) in [7, 11) is 0. The van der Waals surface area contributed by atoms with Crippen molar-refractivity contribution in [2.75, 3.05) is 6.54 Å². The third-order valence-electron chi connectivity index (χ3n) is 6.03. The van der Waals surface area contributed by atoms with E-state index in [0.717, 1.165) is 31.2 Å². The fourth-order valence-electron chi connectivity index (χ4n) is 4.34. The van der Waals surface area contributed by atoms with Crippen molar-refractivity contribution in [1.82, 2.24) is 15.5 Å². The number of hydrogen-bond acceptors (Lipinski definition) is 3. The van der Waals surface area contributed by atoms with Crippen LogP contribution in [-0.2, 0) is 20.9 Å². The van der Waals surface area contributed by atoms with Gasteiger partial charge in [-0.2, -0.15) is 0 Å². The Balaban J connectivity index is 1.52. The molecule has 3 rings (SSSR count). The van der Waals surface area contributed by atoms with E-state index in [9.17, 15) is 14.4 Å². The maximum Gasteiger partial charge on any atom is 0.245 e. The Morgan fingerprint density at radius 3 is 2.48 bits per heavy atom. The predicted octanol–water partition coefficient (Wildman–Crippen LogP) is 2.77. The minimum atomic E-state index is -0.637. The van der Waals surface area contributed by atoms with Gasteiger partial charge >= 0.3 is 0 Å². The predicted molar refractivity (Wildman–Crippen MR) is 112 cm³/mol. The Bertz CT molecular complexity index is 701. The highest BCUT2D eigenvalue weighted by Gasteiger charge is 2.30. The maximum absolute atomic E-state index is 13.0. The van der Waals surface area contributed by atoms with Crippen molar-refractivity contribution in [3.63, 3.8) is 0 Å². The third-order valence-corrected chi connectivity index (χ3v) is 6.03. The summed E-state index contributed by atoms with van der Waals surface area (Å²) in [6.07, 6.45) is 7.53. The zero-order valence-corrected chi connectivity index (χ0v) is 17.4. The molecule has 158 valence electrons. The van der Waals surface area contributed by atoms with Crippen LogP contribution < -0.4 is 10.6 Å². The van der Waals surface area contributed by atoms with E-state index in [1.165, 1.54) is 12.8 Å². The van der Waals surface area contributed by atoms with Gasteiger partial charge < -0.3 is 15.5 Å². The highest BCUT2D eigenvalue weighted by atomic mass is 16.2. The van der Waals surface area contributed by atoms with Crippen molar-refractivity contribution < 1.29 is 14.4 Å². The lowest BCUT2D eigenvalue weighted by Crippen LogP contribution is -2.52. The lowest BCUT2D eigenvalue weighted by Gasteiger charge is -2.26. The molecule has 0 spiro atoms. The molecule has 2 aliphatic rings. The van der Waals surface area contributed by atoms with Gasteiger partial charge in [-0.15, -0.1) is 0 Å². The molecule has 1 saturated carbocycles. The number of amides is 3. The van der Waals surface area contributed by atoms with E-state index >= 15 is 0 Å². The number of nitrogens with zero attached hydrogens (tertiary/aromatic N) is 1. The fraction of sp³-hybridized carbons (Fsp3) is 0.609. The zero-order valence-electron chi connectivity index (χ0n) is 17.4. The molecule has 1 aromatic rings. The fourth-order valence-corrected chi connectivity index (χ4v) is 4.34. The van der Waals surface area contributed by atoms with Crippen molar-refractivity contribution in [2.45, 2.75) is 76.9 Å². The van der Waals surface area contributed by atoms with Gasteiger partial charge in [0.05, 0.1) is 0 Å². The van der Waals surface area contributed by atoms with Crippen LogP contribution in [0.5, 0.6) is 0 Å². The van der Waals surface area contributed by atoms with E-state index in [0.29, 0.717) is 31.8 Å². The van der Waals surface area contributed by atoms with Gasteiger partial charge in [0, 0.05) is 19.5 Å². The van der Waals surface area contributed by atoms with Gasteiger partial charge in [-0.3, -0.25) is 14.4 Å². The number of rotatable bonds is 7. The first-order chi connectivity index (χ1) is 14.0. The molecular formula is C23H33N3O3. The van der Waals surface area contributed by atoms with Gasteiger partial charge in [0.1, 0.15) is 12.1 Å². The molecule has 0 bridgehead atoms. The van der Waals surface area contributed by atoms with Gasteiger partial charge in [-0.25, -0.2) is 0 Å². The molecule has 1 heterocycles. The zero-order chi connectivity index (χ0) is 20.6. The van der Waals surface area contributed by atoms with Crippen molar-refractivity contribution >= 4 is 17.7 Å². The van der Waals surface area contributed by atoms with Crippen molar-refractivity contribution in [1.29, 1.82) is 0 Å². The summed E-state index contributed by atoms with van der Waals surface area (Å²) in [5.41, 5.74) is 1.08. The molecule has 6 heteroatoms. The molecule has 1 aliphatic heterocycles. The second kappa shape index (κ2) is 10.4. The molecule has 2 fully saturated rings. The Labute approximate surface area is 173 Å². The van der Waals surface area contributed by atoms with Gasteiger partial charge in [-0.05, 0) is 50.5 Å². The van der Waals surface area contributed by atoms with Crippen LogP contribution in [0.25, 0.3) is 0 Å². The molecule has 1 saturated heterocycles. The number of carbonyl (C=O) groups is 3. The number of nitrogens with one attached hydrogen (secondary N) is 2. The molecule has 0 radical (unpaired) electrons. The van der Waals surface area contributed by atoms with Crippen LogP contribution in [0, 0.1) is 5.92 Å². The van der Waals surface area contributed by atoms with E-state index in [4.69, 9.17) is 0 Å². The second-order valence-corrected chi connectivity index (χ2v) is 8.45. The molecule has 3 amide bonds. The first kappa shape index (κ1) is 21.3. The molecule has 0 aromatic heterocycles. The van der Waals surface area contributed by atoms with Crippen LogP contribution in [0.3, 0.4) is 0 Å². The van der Waals surface area contributed by atoms with Crippen LogP contribution in [0.1, 0.15) is 63.9 Å². The molecule has 0 unspecified atom stereocenters. The Morgan fingerprint density at radius 1 is 1.07 bits per heavy atom. The van der Waals surface area contributed by atoms with Crippen molar-refractivity contribution in [3.8, 4) is 0 Å². The van der Waals surface area contributed by atoms with Gasteiger partial charge in [-0.1, -0.05) is 43.2 Å². The van der Waals surface area contributed by atoms with E-state index in [-0.39, 0.29) is 17.7 Å². The number of likely N-dealkylation sites (tertiary alicyclic amines) is 1. The van der Waals surface area contributed by atoms with Gasteiger partial charge in [0.15, 0.2) is 0 Å². The largest absolute Gasteiger partial charge is 0.345 e. The van der Waals surface area contributed by atoms with E-state index in [2.05, 4.69) is 10.6 Å². The van der Waals surface area contributed by atoms with Crippen LogP contribution in [0.15, 0.2) is 30.3 Å². The van der Waals surface area contributed by atoms with Crippen LogP contribution >= 0.6 is 0 Å². The smallest absolute Gasteiger partial charge is 0.245 e. The quantitative estimate of drug-likeness (QED) is 0.740. The Kier molecular flexibility index (Phi) is 7.67. The average Bonchev–Trinajstić information content (AvgIpc) is 3.16. The van der Waals surface area contributed by atoms with Gasteiger partial charge in [0.25, 0.3) is 0 Å². The summed E-state index contributed by atoms with van der Waals surface area (Å²) in [6.45, 7) is 2.94. The molecule has 2 N–H and O–H groups in total. The SMILES string of the molecule is C[C@H](NC(=O)CC1CCCC1)C(=O)N[C@H]1CCCCN(Cc2ccccc2)C1=O. The maximum atomic E-state index is 13.0. The highest BCUT2D eigenvalue weighted by molar-refractivity contribution is 5.92. The second-order valence-electron chi connectivity index (χ2n) is 8.45.